The second-order valence-electron chi connectivity index (χ2n) is 6.38. The lowest BCUT2D eigenvalue weighted by Crippen LogP contribution is -2.16. The summed E-state index contributed by atoms with van der Waals surface area (Å²) in [5.41, 5.74) is 2.18. The Morgan fingerprint density at radius 1 is 1.10 bits per heavy atom. The molecule has 0 saturated heterocycles. The van der Waals surface area contributed by atoms with Gasteiger partial charge in [0.2, 0.25) is 11.6 Å². The molecule has 0 aliphatic carbocycles. The van der Waals surface area contributed by atoms with E-state index in [0.29, 0.717) is 34.7 Å². The van der Waals surface area contributed by atoms with Crippen LogP contribution in [0.3, 0.4) is 0 Å². The third kappa shape index (κ3) is 3.69. The maximum absolute atomic E-state index is 11.3. The number of hydrogen-bond donors (Lipinski definition) is 1. The summed E-state index contributed by atoms with van der Waals surface area (Å²) in [6, 6.07) is 9.28. The average Bonchev–Trinajstić information content (AvgIpc) is 3.21. The fourth-order valence-corrected chi connectivity index (χ4v) is 3.19. The largest absolute Gasteiger partial charge is 0.493 e. The summed E-state index contributed by atoms with van der Waals surface area (Å²) < 4.78 is 21.4. The predicted molar refractivity (Wildman–Crippen MR) is 112 cm³/mol. The van der Waals surface area contributed by atoms with E-state index in [1.54, 1.807) is 27.5 Å². The van der Waals surface area contributed by atoms with Crippen molar-refractivity contribution in [1.29, 1.82) is 0 Å². The van der Waals surface area contributed by atoms with E-state index in [-0.39, 0.29) is 19.1 Å². The number of ether oxygens (including phenoxy) is 4. The van der Waals surface area contributed by atoms with Crippen LogP contribution < -0.4 is 19.5 Å². The molecule has 0 fully saturated rings. The molecule has 3 heterocycles. The Morgan fingerprint density at radius 2 is 1.87 bits per heavy atom. The number of fused-ring (bicyclic) bond motifs is 1. The summed E-state index contributed by atoms with van der Waals surface area (Å²) in [5.74, 6) is 2.11. The van der Waals surface area contributed by atoms with Gasteiger partial charge in [0.1, 0.15) is 12.4 Å². The third-order valence-electron chi connectivity index (χ3n) is 4.58. The zero-order valence-corrected chi connectivity index (χ0v) is 16.8. The number of anilines is 1. The van der Waals surface area contributed by atoms with Crippen LogP contribution in [-0.2, 0) is 9.53 Å². The molecule has 0 atom stereocenters. The lowest BCUT2D eigenvalue weighted by molar-refractivity contribution is -0.132. The molecule has 2 aromatic heterocycles. The molecule has 0 spiro atoms. The number of benzene rings is 1. The van der Waals surface area contributed by atoms with Gasteiger partial charge in [-0.1, -0.05) is 0 Å². The van der Waals surface area contributed by atoms with Gasteiger partial charge in [-0.15, -0.1) is 0 Å². The molecule has 1 N–H and O–H groups in total. The van der Waals surface area contributed by atoms with Gasteiger partial charge >= 0.3 is 5.97 Å². The smallest absolute Gasteiger partial charge is 0.334 e. The molecular formula is C21H20N4O5. The first-order valence-electron chi connectivity index (χ1n) is 9.17. The van der Waals surface area contributed by atoms with Crippen LogP contribution in [0.25, 0.3) is 22.2 Å². The number of aliphatic imine (C=N–C) groups is 1. The minimum absolute atomic E-state index is 0.0399. The van der Waals surface area contributed by atoms with Crippen LogP contribution in [0.5, 0.6) is 17.2 Å². The van der Waals surface area contributed by atoms with Crippen LogP contribution in [-0.4, -0.2) is 56.3 Å². The molecule has 0 bridgehead atoms. The number of nitrogens with zero attached hydrogens (tertiary/aromatic N) is 3. The number of methoxy groups -OCH3 is 3. The highest BCUT2D eigenvalue weighted by molar-refractivity contribution is 5.98. The summed E-state index contributed by atoms with van der Waals surface area (Å²) in [5, 5.41) is 4.03. The maximum Gasteiger partial charge on any atom is 0.334 e. The standard InChI is InChI=1S/C21H20N4O5/c1-27-16-7-12(8-17(28-2)20(16)29-3)14-9-15-13(5-4-6-22-15)21(25-14)24-10-18-23-11-19(26)30-18/h4-9H,10-11H2,1-3H3,(H,24,25). The van der Waals surface area contributed by atoms with Crippen molar-refractivity contribution in [2.45, 2.75) is 0 Å². The van der Waals surface area contributed by atoms with E-state index in [2.05, 4.69) is 15.3 Å². The van der Waals surface area contributed by atoms with Crippen molar-refractivity contribution >= 4 is 28.6 Å². The predicted octanol–water partition coefficient (Wildman–Crippen LogP) is 2.69. The van der Waals surface area contributed by atoms with Crippen molar-refractivity contribution in [2.24, 2.45) is 4.99 Å². The number of carbonyl (C=O) groups is 1. The number of aromatic nitrogens is 2. The minimum atomic E-state index is -0.363. The van der Waals surface area contributed by atoms with E-state index >= 15 is 0 Å². The van der Waals surface area contributed by atoms with Gasteiger partial charge < -0.3 is 24.3 Å². The topological polar surface area (TPSA) is 104 Å². The van der Waals surface area contributed by atoms with Crippen LogP contribution in [0, 0.1) is 0 Å². The highest BCUT2D eigenvalue weighted by atomic mass is 16.6. The van der Waals surface area contributed by atoms with Gasteiger partial charge in [0, 0.05) is 17.1 Å². The van der Waals surface area contributed by atoms with Gasteiger partial charge in [0.25, 0.3) is 0 Å². The number of nitrogens with one attached hydrogen (secondary N) is 1. The molecule has 1 aromatic carbocycles. The van der Waals surface area contributed by atoms with E-state index < -0.39 is 0 Å². The molecule has 3 aromatic rings. The van der Waals surface area contributed by atoms with Crippen molar-refractivity contribution in [3.63, 3.8) is 0 Å². The molecule has 4 rings (SSSR count). The normalized spacial score (nSPS) is 13.0. The lowest BCUT2D eigenvalue weighted by Gasteiger charge is -2.15. The molecule has 1 aliphatic heterocycles. The number of rotatable bonds is 7. The van der Waals surface area contributed by atoms with Crippen LogP contribution in [0.15, 0.2) is 41.5 Å². The molecule has 9 heteroatoms. The SMILES string of the molecule is COc1cc(-c2cc3ncccc3c(NCC3=NCC(=O)O3)n2)cc(OC)c1OC. The summed E-state index contributed by atoms with van der Waals surface area (Å²) >= 11 is 0. The summed E-state index contributed by atoms with van der Waals surface area (Å²) in [6.07, 6.45) is 1.72. The number of pyridine rings is 2. The minimum Gasteiger partial charge on any atom is -0.493 e. The first kappa shape index (κ1) is 19.4. The molecule has 1 aliphatic rings. The Labute approximate surface area is 172 Å². The Bertz CT molecular complexity index is 1120. The highest BCUT2D eigenvalue weighted by Gasteiger charge is 2.18. The van der Waals surface area contributed by atoms with E-state index in [1.165, 1.54) is 0 Å². The number of esters is 1. The van der Waals surface area contributed by atoms with Gasteiger partial charge in [-0.3, -0.25) is 4.98 Å². The van der Waals surface area contributed by atoms with Gasteiger partial charge in [-0.05, 0) is 30.3 Å². The number of hydrogen-bond acceptors (Lipinski definition) is 9. The Kier molecular flexibility index (Phi) is 5.34. The molecule has 0 saturated carbocycles. The van der Waals surface area contributed by atoms with Gasteiger partial charge in [-0.2, -0.15) is 0 Å². The van der Waals surface area contributed by atoms with Crippen molar-refractivity contribution < 1.29 is 23.7 Å². The molecule has 0 unspecified atom stereocenters. The Hall–Kier alpha value is -3.88. The van der Waals surface area contributed by atoms with Crippen LogP contribution in [0.1, 0.15) is 0 Å². The van der Waals surface area contributed by atoms with Crippen LogP contribution in [0.2, 0.25) is 0 Å². The van der Waals surface area contributed by atoms with E-state index in [9.17, 15) is 4.79 Å². The summed E-state index contributed by atoms with van der Waals surface area (Å²) in [6.45, 7) is 0.277. The number of carbonyl (C=O) groups excluding carboxylic acids is 1. The second kappa shape index (κ2) is 8.24. The second-order valence-corrected chi connectivity index (χ2v) is 6.38. The zero-order valence-electron chi connectivity index (χ0n) is 16.8. The first-order valence-corrected chi connectivity index (χ1v) is 9.17. The summed E-state index contributed by atoms with van der Waals surface area (Å²) in [4.78, 5) is 24.5. The van der Waals surface area contributed by atoms with E-state index in [1.807, 2.05) is 30.3 Å². The number of cyclic esters (lactones) is 1. The highest BCUT2D eigenvalue weighted by Crippen LogP contribution is 2.41. The Morgan fingerprint density at radius 3 is 2.50 bits per heavy atom. The Balaban J connectivity index is 1.77. The van der Waals surface area contributed by atoms with Crippen molar-refractivity contribution in [3.8, 4) is 28.5 Å². The molecule has 0 amide bonds. The molecule has 0 radical (unpaired) electrons. The van der Waals surface area contributed by atoms with Crippen LogP contribution in [0.4, 0.5) is 5.82 Å². The van der Waals surface area contributed by atoms with Crippen molar-refractivity contribution in [1.82, 2.24) is 9.97 Å². The van der Waals surface area contributed by atoms with Gasteiger partial charge in [0.05, 0.1) is 39.1 Å². The van der Waals surface area contributed by atoms with Crippen molar-refractivity contribution in [3.05, 3.63) is 36.5 Å². The first-order chi connectivity index (χ1) is 14.6. The van der Waals surface area contributed by atoms with Gasteiger partial charge in [-0.25, -0.2) is 14.8 Å². The maximum atomic E-state index is 11.3. The monoisotopic (exact) mass is 408 g/mol. The summed E-state index contributed by atoms with van der Waals surface area (Å²) in [7, 11) is 4.68. The van der Waals surface area contributed by atoms with Crippen molar-refractivity contribution in [2.75, 3.05) is 39.7 Å². The van der Waals surface area contributed by atoms with Gasteiger partial charge in [0.15, 0.2) is 11.5 Å². The van der Waals surface area contributed by atoms with E-state index in [4.69, 9.17) is 23.9 Å². The van der Waals surface area contributed by atoms with Crippen LogP contribution >= 0.6 is 0 Å². The molecule has 30 heavy (non-hydrogen) atoms. The lowest BCUT2D eigenvalue weighted by atomic mass is 10.1. The van der Waals surface area contributed by atoms with E-state index in [0.717, 1.165) is 16.5 Å². The fraction of sp³-hybridized carbons (Fsp3) is 0.238. The molecule has 9 nitrogen and oxygen atoms in total. The zero-order chi connectivity index (χ0) is 21.1. The quantitative estimate of drug-likeness (QED) is 0.595. The fourth-order valence-electron chi connectivity index (χ4n) is 3.19. The average molecular weight is 408 g/mol. The molecule has 154 valence electrons. The third-order valence-corrected chi connectivity index (χ3v) is 4.58. The molecular weight excluding hydrogens is 388 g/mol.